The van der Waals surface area contributed by atoms with E-state index in [9.17, 15) is 9.59 Å². The van der Waals surface area contributed by atoms with Gasteiger partial charge in [0.05, 0.1) is 18.1 Å². The summed E-state index contributed by atoms with van der Waals surface area (Å²) in [5.41, 5.74) is 1.19. The number of fused-ring (bicyclic) bond motifs is 1. The van der Waals surface area contributed by atoms with Crippen LogP contribution in [0.1, 0.15) is 24.3 Å². The van der Waals surface area contributed by atoms with Crippen LogP contribution in [-0.4, -0.2) is 35.6 Å². The van der Waals surface area contributed by atoms with Gasteiger partial charge in [0.15, 0.2) is 5.75 Å². The van der Waals surface area contributed by atoms with Crippen LogP contribution in [-0.2, 0) is 4.79 Å². The Morgan fingerprint density at radius 1 is 1.22 bits per heavy atom. The molecule has 3 aliphatic rings. The number of urea groups is 1. The number of hydrogen-bond acceptors (Lipinski definition) is 5. The molecule has 3 amide bonds. The molecule has 1 aromatic heterocycles. The van der Waals surface area contributed by atoms with Crippen LogP contribution in [0.2, 0.25) is 5.02 Å². The van der Waals surface area contributed by atoms with Crippen LogP contribution in [0, 0.1) is 0 Å². The number of ether oxygens (including phenoxy) is 1. The molecule has 27 heavy (non-hydrogen) atoms. The van der Waals surface area contributed by atoms with E-state index in [4.69, 9.17) is 16.3 Å². The zero-order valence-electron chi connectivity index (χ0n) is 14.4. The van der Waals surface area contributed by atoms with Crippen molar-refractivity contribution >= 4 is 34.9 Å². The molecule has 2 N–H and O–H groups in total. The van der Waals surface area contributed by atoms with Gasteiger partial charge >= 0.3 is 6.03 Å². The van der Waals surface area contributed by atoms with Crippen molar-refractivity contribution in [1.82, 2.24) is 10.3 Å². The first-order valence-electron chi connectivity index (χ1n) is 8.85. The Morgan fingerprint density at radius 3 is 2.85 bits per heavy atom. The zero-order chi connectivity index (χ0) is 18.6. The van der Waals surface area contributed by atoms with Crippen LogP contribution in [0.5, 0.6) is 5.75 Å². The van der Waals surface area contributed by atoms with Crippen LogP contribution in [0.4, 0.5) is 16.2 Å². The van der Waals surface area contributed by atoms with Gasteiger partial charge in [-0.3, -0.25) is 9.78 Å². The number of nitrogens with one attached hydrogen (secondary N) is 2. The van der Waals surface area contributed by atoms with Crippen molar-refractivity contribution in [3.05, 3.63) is 47.2 Å². The molecule has 5 rings (SSSR count). The lowest BCUT2D eigenvalue weighted by Crippen LogP contribution is -2.56. The van der Waals surface area contributed by atoms with Gasteiger partial charge < -0.3 is 15.4 Å². The summed E-state index contributed by atoms with van der Waals surface area (Å²) >= 11 is 6.28. The number of carbonyl (C=O) groups excluding carboxylic acids is 2. The van der Waals surface area contributed by atoms with Gasteiger partial charge in [0.1, 0.15) is 17.8 Å². The monoisotopic (exact) mass is 384 g/mol. The van der Waals surface area contributed by atoms with Crippen molar-refractivity contribution in [2.45, 2.75) is 24.3 Å². The first-order valence-corrected chi connectivity index (χ1v) is 9.23. The molecule has 0 bridgehead atoms. The Labute approximate surface area is 160 Å². The molecule has 138 valence electrons. The van der Waals surface area contributed by atoms with Gasteiger partial charge in [0.25, 0.3) is 5.91 Å². The quantitative estimate of drug-likeness (QED) is 0.778. The predicted molar refractivity (Wildman–Crippen MR) is 100 cm³/mol. The highest BCUT2D eigenvalue weighted by Gasteiger charge is 2.60. The smallest absolute Gasteiger partial charge is 0.329 e. The van der Waals surface area contributed by atoms with E-state index in [0.29, 0.717) is 48.1 Å². The number of carbonyl (C=O) groups is 2. The first kappa shape index (κ1) is 16.4. The number of benzene rings is 1. The molecule has 2 aliphatic heterocycles. The second-order valence-electron chi connectivity index (χ2n) is 7.09. The van der Waals surface area contributed by atoms with E-state index in [1.54, 1.807) is 6.20 Å². The third-order valence-corrected chi connectivity index (χ3v) is 5.82. The van der Waals surface area contributed by atoms with Crippen molar-refractivity contribution in [1.29, 1.82) is 0 Å². The van der Waals surface area contributed by atoms with E-state index in [0.717, 1.165) is 10.5 Å². The minimum Gasteiger partial charge on any atom is -0.487 e. The molecule has 1 aromatic carbocycles. The van der Waals surface area contributed by atoms with Crippen LogP contribution < -0.4 is 20.3 Å². The lowest BCUT2D eigenvalue weighted by atomic mass is 9.65. The molecule has 8 heteroatoms. The van der Waals surface area contributed by atoms with Gasteiger partial charge in [-0.15, -0.1) is 0 Å². The van der Waals surface area contributed by atoms with Crippen molar-refractivity contribution in [3.63, 3.8) is 0 Å². The van der Waals surface area contributed by atoms with Gasteiger partial charge in [0, 0.05) is 11.6 Å². The summed E-state index contributed by atoms with van der Waals surface area (Å²) in [4.78, 5) is 31.1. The average molecular weight is 385 g/mol. The number of rotatable bonds is 2. The Morgan fingerprint density at radius 2 is 2.04 bits per heavy atom. The fourth-order valence-corrected chi connectivity index (χ4v) is 4.43. The largest absolute Gasteiger partial charge is 0.487 e. The molecule has 0 atom stereocenters. The molecule has 1 spiro atoms. The van der Waals surface area contributed by atoms with Crippen LogP contribution >= 0.6 is 11.6 Å². The van der Waals surface area contributed by atoms with E-state index < -0.39 is 11.6 Å². The number of pyridine rings is 1. The van der Waals surface area contributed by atoms with E-state index in [1.165, 1.54) is 6.20 Å². The average Bonchev–Trinajstić information content (AvgIpc) is 2.91. The summed E-state index contributed by atoms with van der Waals surface area (Å²) < 4.78 is 5.70. The maximum absolute atomic E-state index is 13.2. The van der Waals surface area contributed by atoms with Crippen LogP contribution in [0.3, 0.4) is 0 Å². The topological polar surface area (TPSA) is 83.6 Å². The fourth-order valence-electron chi connectivity index (χ4n) is 4.14. The number of imide groups is 1. The third kappa shape index (κ3) is 2.38. The number of amides is 3. The van der Waals surface area contributed by atoms with Gasteiger partial charge in [-0.05, 0) is 30.4 Å². The number of anilines is 2. The van der Waals surface area contributed by atoms with Crippen molar-refractivity contribution in [3.8, 4) is 5.75 Å². The first-order chi connectivity index (χ1) is 13.1. The second-order valence-corrected chi connectivity index (χ2v) is 7.50. The van der Waals surface area contributed by atoms with E-state index in [-0.39, 0.29) is 11.8 Å². The highest BCUT2D eigenvalue weighted by Crippen LogP contribution is 2.51. The van der Waals surface area contributed by atoms with Crippen molar-refractivity contribution < 1.29 is 14.3 Å². The number of nitrogens with zero attached hydrogens (tertiary/aromatic N) is 2. The predicted octanol–water partition coefficient (Wildman–Crippen LogP) is 2.91. The molecule has 2 fully saturated rings. The summed E-state index contributed by atoms with van der Waals surface area (Å²) in [6.07, 6.45) is 4.17. The normalized spacial score (nSPS) is 26.1. The SMILES string of the molecule is O=C1NC2(CC(c3ccccc3Cl)C2)C(=O)N1c1cncc2c1OCCN2. The Hall–Kier alpha value is -2.80. The summed E-state index contributed by atoms with van der Waals surface area (Å²) in [6, 6.07) is 7.18. The molecule has 3 heterocycles. The Bertz CT molecular complexity index is 958. The highest BCUT2D eigenvalue weighted by molar-refractivity contribution is 6.31. The molecule has 1 saturated heterocycles. The maximum atomic E-state index is 13.2. The lowest BCUT2D eigenvalue weighted by molar-refractivity contribution is -0.125. The van der Waals surface area contributed by atoms with E-state index in [2.05, 4.69) is 15.6 Å². The maximum Gasteiger partial charge on any atom is 0.329 e. The lowest BCUT2D eigenvalue weighted by Gasteiger charge is -2.43. The standard InChI is InChI=1S/C19H17ClN4O3/c20-13-4-2-1-3-12(13)11-7-19(8-11)17(25)24(18(26)23-19)15-10-21-9-14-16(15)27-6-5-22-14/h1-4,9-11,22H,5-8H2,(H,23,26). The number of hydrogen-bond donors (Lipinski definition) is 2. The summed E-state index contributed by atoms with van der Waals surface area (Å²) in [5, 5.41) is 6.74. The highest BCUT2D eigenvalue weighted by atomic mass is 35.5. The van der Waals surface area contributed by atoms with Crippen molar-refractivity contribution in [2.75, 3.05) is 23.4 Å². The summed E-state index contributed by atoms with van der Waals surface area (Å²) in [6.45, 7) is 1.12. The van der Waals surface area contributed by atoms with E-state index in [1.807, 2.05) is 24.3 Å². The number of halogens is 1. The molecule has 1 saturated carbocycles. The molecule has 2 aromatic rings. The molecule has 7 nitrogen and oxygen atoms in total. The molecule has 1 aliphatic carbocycles. The minimum atomic E-state index is -0.883. The summed E-state index contributed by atoms with van der Waals surface area (Å²) in [7, 11) is 0. The molecule has 0 unspecified atom stereocenters. The van der Waals surface area contributed by atoms with E-state index >= 15 is 0 Å². The Kier molecular flexibility index (Phi) is 3.55. The third-order valence-electron chi connectivity index (χ3n) is 5.48. The van der Waals surface area contributed by atoms with Crippen LogP contribution in [0.25, 0.3) is 0 Å². The van der Waals surface area contributed by atoms with Crippen molar-refractivity contribution in [2.24, 2.45) is 0 Å². The minimum absolute atomic E-state index is 0.142. The van der Waals surface area contributed by atoms with Gasteiger partial charge in [-0.1, -0.05) is 29.8 Å². The fraction of sp³-hybridized carbons (Fsp3) is 0.316. The van der Waals surface area contributed by atoms with Crippen LogP contribution in [0.15, 0.2) is 36.7 Å². The molecular weight excluding hydrogens is 368 g/mol. The summed E-state index contributed by atoms with van der Waals surface area (Å²) in [5.74, 6) is 0.364. The number of aromatic nitrogens is 1. The van der Waals surface area contributed by atoms with Gasteiger partial charge in [-0.2, -0.15) is 0 Å². The molecule has 0 radical (unpaired) electrons. The van der Waals surface area contributed by atoms with Gasteiger partial charge in [-0.25, -0.2) is 9.69 Å². The second kappa shape index (κ2) is 5.85. The Balaban J connectivity index is 1.43. The molecular formula is C19H17ClN4O3. The van der Waals surface area contributed by atoms with Gasteiger partial charge in [0.2, 0.25) is 0 Å². The zero-order valence-corrected chi connectivity index (χ0v) is 15.1.